The first-order valence-corrected chi connectivity index (χ1v) is 10.1. The molecule has 0 radical (unpaired) electrons. The van der Waals surface area contributed by atoms with Gasteiger partial charge in [0.25, 0.3) is 5.91 Å². The Morgan fingerprint density at radius 3 is 2.68 bits per heavy atom. The van der Waals surface area contributed by atoms with Crippen molar-refractivity contribution in [1.29, 1.82) is 0 Å². The summed E-state index contributed by atoms with van der Waals surface area (Å²) >= 11 is 0. The summed E-state index contributed by atoms with van der Waals surface area (Å²) < 4.78 is 16.6. The van der Waals surface area contributed by atoms with Crippen molar-refractivity contribution < 1.29 is 19.0 Å². The number of nitrogens with zero attached hydrogens (tertiary/aromatic N) is 1. The predicted molar refractivity (Wildman–Crippen MR) is 119 cm³/mol. The second-order valence-corrected chi connectivity index (χ2v) is 7.06. The molecule has 1 N–H and O–H groups in total. The first kappa shape index (κ1) is 18.9. The lowest BCUT2D eigenvalue weighted by Crippen LogP contribution is -2.12. The molecule has 2 heterocycles. The van der Waals surface area contributed by atoms with Crippen LogP contribution in [-0.4, -0.2) is 24.3 Å². The number of pyridine rings is 1. The fraction of sp³-hybridized carbons (Fsp3) is 0.120. The topological polar surface area (TPSA) is 69.7 Å². The van der Waals surface area contributed by atoms with Gasteiger partial charge in [-0.1, -0.05) is 30.3 Å². The minimum absolute atomic E-state index is 0.190. The summed E-state index contributed by atoms with van der Waals surface area (Å²) in [4.78, 5) is 17.6. The fourth-order valence-corrected chi connectivity index (χ4v) is 3.55. The maximum absolute atomic E-state index is 12.9. The van der Waals surface area contributed by atoms with Gasteiger partial charge < -0.3 is 19.5 Å². The first-order chi connectivity index (χ1) is 15.2. The Morgan fingerprint density at radius 1 is 1.00 bits per heavy atom. The van der Waals surface area contributed by atoms with E-state index in [2.05, 4.69) is 5.32 Å². The van der Waals surface area contributed by atoms with E-state index in [9.17, 15) is 4.79 Å². The summed E-state index contributed by atoms with van der Waals surface area (Å²) in [6.07, 6.45) is 0. The Hall–Kier alpha value is -4.06. The van der Waals surface area contributed by atoms with Crippen molar-refractivity contribution in [2.75, 3.05) is 18.7 Å². The lowest BCUT2D eigenvalue weighted by Gasteiger charge is -2.12. The van der Waals surface area contributed by atoms with Crippen LogP contribution in [0.2, 0.25) is 0 Å². The molecule has 6 heteroatoms. The molecule has 4 aromatic rings. The van der Waals surface area contributed by atoms with E-state index in [0.717, 1.165) is 22.2 Å². The Balaban J connectivity index is 1.48. The van der Waals surface area contributed by atoms with E-state index < -0.39 is 0 Å². The number of hydrogen-bond acceptors (Lipinski definition) is 5. The number of carbonyl (C=O) groups is 1. The van der Waals surface area contributed by atoms with E-state index >= 15 is 0 Å². The zero-order valence-corrected chi connectivity index (χ0v) is 16.9. The molecule has 0 saturated carbocycles. The minimum atomic E-state index is -0.227. The van der Waals surface area contributed by atoms with Crippen LogP contribution in [0.25, 0.3) is 22.2 Å². The number of carbonyl (C=O) groups excluding carboxylic acids is 1. The second-order valence-electron chi connectivity index (χ2n) is 7.06. The molecule has 1 amide bonds. The monoisotopic (exact) mass is 412 g/mol. The van der Waals surface area contributed by atoms with Gasteiger partial charge in [0.15, 0.2) is 11.5 Å². The molecule has 0 aliphatic carbocycles. The van der Waals surface area contributed by atoms with Crippen LogP contribution in [0.3, 0.4) is 0 Å². The van der Waals surface area contributed by atoms with Crippen LogP contribution in [-0.2, 0) is 0 Å². The van der Waals surface area contributed by atoms with Gasteiger partial charge in [0, 0.05) is 34.3 Å². The smallest absolute Gasteiger partial charge is 0.255 e. The zero-order valence-electron chi connectivity index (χ0n) is 16.9. The molecule has 0 saturated heterocycles. The summed E-state index contributed by atoms with van der Waals surface area (Å²) in [7, 11) is 0. The van der Waals surface area contributed by atoms with E-state index in [1.54, 1.807) is 24.3 Å². The molecular weight excluding hydrogens is 392 g/mol. The summed E-state index contributed by atoms with van der Waals surface area (Å²) in [6.45, 7) is 2.64. The third-order valence-electron chi connectivity index (χ3n) is 5.03. The largest absolute Gasteiger partial charge is 0.493 e. The van der Waals surface area contributed by atoms with Gasteiger partial charge in [-0.2, -0.15) is 0 Å². The van der Waals surface area contributed by atoms with Crippen molar-refractivity contribution in [1.82, 2.24) is 4.98 Å². The number of anilines is 1. The van der Waals surface area contributed by atoms with Gasteiger partial charge in [-0.05, 0) is 37.3 Å². The van der Waals surface area contributed by atoms with Gasteiger partial charge in [0.05, 0.1) is 17.8 Å². The van der Waals surface area contributed by atoms with Crippen LogP contribution in [0.1, 0.15) is 17.3 Å². The van der Waals surface area contributed by atoms with Crippen LogP contribution in [0.15, 0.2) is 72.8 Å². The van der Waals surface area contributed by atoms with E-state index in [-0.39, 0.29) is 12.7 Å². The van der Waals surface area contributed by atoms with Gasteiger partial charge in [0.2, 0.25) is 6.79 Å². The number of ether oxygens (including phenoxy) is 3. The predicted octanol–water partition coefficient (Wildman–Crippen LogP) is 5.28. The van der Waals surface area contributed by atoms with Gasteiger partial charge in [-0.15, -0.1) is 0 Å². The van der Waals surface area contributed by atoms with E-state index in [1.807, 2.05) is 55.5 Å². The Kier molecular flexibility index (Phi) is 4.88. The van der Waals surface area contributed by atoms with Crippen LogP contribution in [0, 0.1) is 0 Å². The summed E-state index contributed by atoms with van der Waals surface area (Å²) in [5, 5.41) is 3.70. The van der Waals surface area contributed by atoms with Crippen LogP contribution < -0.4 is 19.5 Å². The molecule has 1 aliphatic rings. The molecule has 154 valence electrons. The number of hydrogen-bond donors (Lipinski definition) is 1. The van der Waals surface area contributed by atoms with E-state index in [4.69, 9.17) is 19.2 Å². The summed E-state index contributed by atoms with van der Waals surface area (Å²) in [5.41, 5.74) is 3.76. The van der Waals surface area contributed by atoms with Crippen LogP contribution in [0.4, 0.5) is 5.69 Å². The van der Waals surface area contributed by atoms with Gasteiger partial charge in [0.1, 0.15) is 5.75 Å². The van der Waals surface area contributed by atoms with Crippen molar-refractivity contribution in [2.24, 2.45) is 0 Å². The molecule has 0 unspecified atom stereocenters. The minimum Gasteiger partial charge on any atom is -0.493 e. The van der Waals surface area contributed by atoms with Gasteiger partial charge >= 0.3 is 0 Å². The molecule has 5 rings (SSSR count). The Bertz CT molecular complexity index is 1270. The van der Waals surface area contributed by atoms with E-state index in [1.165, 1.54) is 0 Å². The molecule has 1 aromatic heterocycles. The van der Waals surface area contributed by atoms with Gasteiger partial charge in [-0.3, -0.25) is 4.79 Å². The number of rotatable bonds is 5. The number of benzene rings is 3. The second kappa shape index (κ2) is 7.99. The number of aromatic nitrogens is 1. The molecule has 1 aliphatic heterocycles. The van der Waals surface area contributed by atoms with Crippen LogP contribution in [0.5, 0.6) is 17.2 Å². The lowest BCUT2D eigenvalue weighted by molar-refractivity contribution is 0.102. The third-order valence-corrected chi connectivity index (χ3v) is 5.03. The Labute approximate surface area is 179 Å². The quantitative estimate of drug-likeness (QED) is 0.483. The normalized spacial score (nSPS) is 12.0. The fourth-order valence-electron chi connectivity index (χ4n) is 3.55. The maximum atomic E-state index is 12.9. The molecule has 0 bridgehead atoms. The average molecular weight is 412 g/mol. The average Bonchev–Trinajstić information content (AvgIpc) is 3.27. The SMILES string of the molecule is CCOc1cc(-c2ccccc2)nc2ccc(C(=O)Nc3ccc4c(c3)OCO4)cc12. The van der Waals surface area contributed by atoms with Crippen molar-refractivity contribution in [3.8, 4) is 28.5 Å². The number of amides is 1. The third kappa shape index (κ3) is 3.75. The molecule has 6 nitrogen and oxygen atoms in total. The molecule has 0 atom stereocenters. The first-order valence-electron chi connectivity index (χ1n) is 10.1. The highest BCUT2D eigenvalue weighted by Gasteiger charge is 2.16. The molecule has 0 fully saturated rings. The van der Waals surface area contributed by atoms with E-state index in [0.29, 0.717) is 35.1 Å². The molecule has 0 spiro atoms. The molecule has 3 aromatic carbocycles. The highest BCUT2D eigenvalue weighted by molar-refractivity contribution is 6.07. The van der Waals surface area contributed by atoms with Crippen molar-refractivity contribution >= 4 is 22.5 Å². The highest BCUT2D eigenvalue weighted by atomic mass is 16.7. The van der Waals surface area contributed by atoms with Crippen molar-refractivity contribution in [3.63, 3.8) is 0 Å². The van der Waals surface area contributed by atoms with Crippen molar-refractivity contribution in [2.45, 2.75) is 6.92 Å². The lowest BCUT2D eigenvalue weighted by atomic mass is 10.1. The number of nitrogens with one attached hydrogen (secondary N) is 1. The van der Waals surface area contributed by atoms with Gasteiger partial charge in [-0.25, -0.2) is 4.98 Å². The Morgan fingerprint density at radius 2 is 1.84 bits per heavy atom. The van der Waals surface area contributed by atoms with Crippen LogP contribution >= 0.6 is 0 Å². The molecular formula is C25H20N2O4. The summed E-state index contributed by atoms with van der Waals surface area (Å²) in [6, 6.07) is 22.6. The molecule has 31 heavy (non-hydrogen) atoms. The standard InChI is InChI=1S/C25H20N2O4/c1-2-29-23-14-21(16-6-4-3-5-7-16)27-20-10-8-17(12-19(20)23)25(28)26-18-9-11-22-24(13-18)31-15-30-22/h3-14H,2,15H2,1H3,(H,26,28). The summed E-state index contributed by atoms with van der Waals surface area (Å²) in [5.74, 6) is 1.76. The van der Waals surface area contributed by atoms with Crippen molar-refractivity contribution in [3.05, 3.63) is 78.4 Å². The number of fused-ring (bicyclic) bond motifs is 2. The highest BCUT2D eigenvalue weighted by Crippen LogP contribution is 2.35. The zero-order chi connectivity index (χ0) is 21.2. The maximum Gasteiger partial charge on any atom is 0.255 e.